The molecule has 3 aromatic rings. The normalized spacial score (nSPS) is 20.0. The summed E-state index contributed by atoms with van der Waals surface area (Å²) in [6, 6.07) is 19.3. The van der Waals surface area contributed by atoms with Crippen LogP contribution in [0.1, 0.15) is 49.6 Å². The largest absolute Gasteiger partial charge is 0.419 e. The van der Waals surface area contributed by atoms with Gasteiger partial charge in [0.15, 0.2) is 0 Å². The van der Waals surface area contributed by atoms with Crippen LogP contribution in [0.4, 0.5) is 0 Å². The minimum Gasteiger partial charge on any atom is -0.419 e. The molecule has 6 heteroatoms. The summed E-state index contributed by atoms with van der Waals surface area (Å²) in [4.78, 5) is 5.21. The van der Waals surface area contributed by atoms with E-state index in [0.29, 0.717) is 11.8 Å². The standard InChI is InChI=1S/C25H29BrN4O/c26-21-13-11-19(12-14-21)23(25-28-27-24(31-25)20-7-3-1-4-8-20)30-17-15-29(16-18-30)22-9-5-2-6-10-22/h1,3-4,7-8,11-14,22-23H,2,5-6,9-10,15-18H2. The first-order chi connectivity index (χ1) is 15.3. The minimum absolute atomic E-state index is 0.0217. The molecule has 162 valence electrons. The number of benzene rings is 2. The molecule has 31 heavy (non-hydrogen) atoms. The van der Waals surface area contributed by atoms with E-state index in [1.807, 2.05) is 30.3 Å². The molecule has 2 aromatic carbocycles. The van der Waals surface area contributed by atoms with Crippen molar-refractivity contribution in [2.75, 3.05) is 26.2 Å². The number of nitrogens with zero attached hydrogens (tertiary/aromatic N) is 4. The molecule has 1 aliphatic heterocycles. The van der Waals surface area contributed by atoms with Crippen molar-refractivity contribution in [3.05, 3.63) is 70.5 Å². The Morgan fingerprint density at radius 1 is 0.839 bits per heavy atom. The van der Waals surface area contributed by atoms with Gasteiger partial charge in [0.2, 0.25) is 11.8 Å². The molecule has 1 saturated carbocycles. The summed E-state index contributed by atoms with van der Waals surface area (Å²) in [6.07, 6.45) is 6.90. The second-order valence-corrected chi connectivity index (χ2v) is 9.55. The molecule has 1 aliphatic carbocycles. The molecule has 2 fully saturated rings. The quantitative estimate of drug-likeness (QED) is 0.479. The van der Waals surface area contributed by atoms with E-state index >= 15 is 0 Å². The van der Waals surface area contributed by atoms with Crippen molar-refractivity contribution >= 4 is 15.9 Å². The summed E-state index contributed by atoms with van der Waals surface area (Å²) < 4.78 is 7.30. The van der Waals surface area contributed by atoms with Gasteiger partial charge in [0.1, 0.15) is 6.04 Å². The lowest BCUT2D eigenvalue weighted by Gasteiger charge is -2.42. The lowest BCUT2D eigenvalue weighted by atomic mass is 9.93. The maximum absolute atomic E-state index is 6.22. The van der Waals surface area contributed by atoms with Crippen LogP contribution in [0.2, 0.25) is 0 Å². The molecule has 0 bridgehead atoms. The van der Waals surface area contributed by atoms with Gasteiger partial charge >= 0.3 is 0 Å². The van der Waals surface area contributed by atoms with Crippen molar-refractivity contribution in [2.45, 2.75) is 44.2 Å². The first-order valence-corrected chi connectivity index (χ1v) is 12.2. The smallest absolute Gasteiger partial charge is 0.247 e. The van der Waals surface area contributed by atoms with Gasteiger partial charge in [0, 0.05) is 42.3 Å². The first kappa shape index (κ1) is 20.9. The van der Waals surface area contributed by atoms with Gasteiger partial charge < -0.3 is 4.42 Å². The molecule has 2 heterocycles. The summed E-state index contributed by atoms with van der Waals surface area (Å²) in [7, 11) is 0. The predicted octanol–water partition coefficient (Wildman–Crippen LogP) is 5.54. The highest BCUT2D eigenvalue weighted by atomic mass is 79.9. The monoisotopic (exact) mass is 480 g/mol. The van der Waals surface area contributed by atoms with Gasteiger partial charge in [-0.3, -0.25) is 9.80 Å². The summed E-state index contributed by atoms with van der Waals surface area (Å²) >= 11 is 3.56. The molecule has 2 aliphatic rings. The van der Waals surface area contributed by atoms with E-state index in [0.717, 1.165) is 42.3 Å². The van der Waals surface area contributed by atoms with Gasteiger partial charge in [0.05, 0.1) is 0 Å². The Labute approximate surface area is 192 Å². The van der Waals surface area contributed by atoms with Crippen LogP contribution in [0.15, 0.2) is 63.5 Å². The molecule has 0 N–H and O–H groups in total. The third kappa shape index (κ3) is 4.76. The van der Waals surface area contributed by atoms with E-state index in [1.165, 1.54) is 37.7 Å². The van der Waals surface area contributed by atoms with Gasteiger partial charge in [-0.15, -0.1) is 10.2 Å². The van der Waals surface area contributed by atoms with Gasteiger partial charge in [-0.1, -0.05) is 65.5 Å². The van der Waals surface area contributed by atoms with Crippen LogP contribution in [0.3, 0.4) is 0 Å². The van der Waals surface area contributed by atoms with Crippen LogP contribution in [0.5, 0.6) is 0 Å². The SMILES string of the molecule is Brc1ccc(C(c2nnc(-c3ccccc3)o2)N2CCN(C3CCCCC3)CC2)cc1. The predicted molar refractivity (Wildman–Crippen MR) is 126 cm³/mol. The van der Waals surface area contributed by atoms with E-state index in [4.69, 9.17) is 4.42 Å². The fourth-order valence-electron chi connectivity index (χ4n) is 5.00. The van der Waals surface area contributed by atoms with E-state index in [-0.39, 0.29) is 6.04 Å². The molecule has 0 amide bonds. The Kier molecular flexibility index (Phi) is 6.48. The third-order valence-electron chi connectivity index (χ3n) is 6.69. The van der Waals surface area contributed by atoms with Gasteiger partial charge in [0.25, 0.3) is 0 Å². The summed E-state index contributed by atoms with van der Waals surface area (Å²) in [5.74, 6) is 1.26. The van der Waals surface area contributed by atoms with Gasteiger partial charge in [-0.25, -0.2) is 0 Å². The Morgan fingerprint density at radius 3 is 2.26 bits per heavy atom. The molecule has 0 radical (unpaired) electrons. The van der Waals surface area contributed by atoms with E-state index in [9.17, 15) is 0 Å². The van der Waals surface area contributed by atoms with Crippen LogP contribution in [0.25, 0.3) is 11.5 Å². The van der Waals surface area contributed by atoms with Gasteiger partial charge in [-0.2, -0.15) is 0 Å². The molecular weight excluding hydrogens is 452 g/mol. The summed E-state index contributed by atoms with van der Waals surface area (Å²) in [6.45, 7) is 4.25. The molecule has 0 spiro atoms. The van der Waals surface area contributed by atoms with Crippen molar-refractivity contribution < 1.29 is 4.42 Å². The fraction of sp³-hybridized carbons (Fsp3) is 0.440. The molecule has 5 nitrogen and oxygen atoms in total. The number of hydrogen-bond acceptors (Lipinski definition) is 5. The number of piperazine rings is 1. The Morgan fingerprint density at radius 2 is 1.55 bits per heavy atom. The highest BCUT2D eigenvalue weighted by Crippen LogP contribution is 2.32. The van der Waals surface area contributed by atoms with Crippen molar-refractivity contribution in [3.63, 3.8) is 0 Å². The van der Waals surface area contributed by atoms with E-state index in [2.05, 4.69) is 60.2 Å². The minimum atomic E-state index is -0.0217. The van der Waals surface area contributed by atoms with Crippen LogP contribution in [-0.4, -0.2) is 52.2 Å². The molecule has 5 rings (SSSR count). The van der Waals surface area contributed by atoms with Crippen LogP contribution in [0, 0.1) is 0 Å². The summed E-state index contributed by atoms with van der Waals surface area (Å²) in [5.41, 5.74) is 2.15. The summed E-state index contributed by atoms with van der Waals surface area (Å²) in [5, 5.41) is 8.86. The molecule has 1 saturated heterocycles. The van der Waals surface area contributed by atoms with E-state index in [1.54, 1.807) is 0 Å². The zero-order valence-corrected chi connectivity index (χ0v) is 19.4. The first-order valence-electron chi connectivity index (χ1n) is 11.4. The number of aromatic nitrogens is 2. The molecule has 1 aromatic heterocycles. The maximum Gasteiger partial charge on any atom is 0.247 e. The van der Waals surface area contributed by atoms with Crippen molar-refractivity contribution in [3.8, 4) is 11.5 Å². The van der Waals surface area contributed by atoms with Crippen LogP contribution in [-0.2, 0) is 0 Å². The number of hydrogen-bond donors (Lipinski definition) is 0. The zero-order chi connectivity index (χ0) is 21.0. The lowest BCUT2D eigenvalue weighted by molar-refractivity contribution is 0.0590. The molecule has 1 atom stereocenters. The van der Waals surface area contributed by atoms with Gasteiger partial charge in [-0.05, 0) is 42.7 Å². The average molecular weight is 481 g/mol. The maximum atomic E-state index is 6.22. The number of rotatable bonds is 5. The molecule has 1 unspecified atom stereocenters. The topological polar surface area (TPSA) is 45.4 Å². The second kappa shape index (κ2) is 9.63. The molecular formula is C25H29BrN4O. The van der Waals surface area contributed by atoms with E-state index < -0.39 is 0 Å². The zero-order valence-electron chi connectivity index (χ0n) is 17.8. The van der Waals surface area contributed by atoms with Crippen LogP contribution < -0.4 is 0 Å². The third-order valence-corrected chi connectivity index (χ3v) is 7.21. The highest BCUT2D eigenvalue weighted by molar-refractivity contribution is 9.10. The fourth-order valence-corrected chi connectivity index (χ4v) is 5.27. The number of halogens is 1. The Balaban J connectivity index is 1.38. The second-order valence-electron chi connectivity index (χ2n) is 8.63. The Bertz CT molecular complexity index is 961. The van der Waals surface area contributed by atoms with Crippen molar-refractivity contribution in [2.24, 2.45) is 0 Å². The Hall–Kier alpha value is -2.02. The highest BCUT2D eigenvalue weighted by Gasteiger charge is 2.32. The lowest BCUT2D eigenvalue weighted by Crippen LogP contribution is -2.51. The van der Waals surface area contributed by atoms with Crippen molar-refractivity contribution in [1.29, 1.82) is 0 Å². The van der Waals surface area contributed by atoms with Crippen LogP contribution >= 0.6 is 15.9 Å². The average Bonchev–Trinajstić information content (AvgIpc) is 3.32. The van der Waals surface area contributed by atoms with Crippen molar-refractivity contribution in [1.82, 2.24) is 20.0 Å².